The SMILES string of the molecule is CCCN1C(=O)CCCC(N)C1c1ccccc1Cl. The van der Waals surface area contributed by atoms with Gasteiger partial charge in [0, 0.05) is 24.0 Å². The average molecular weight is 281 g/mol. The lowest BCUT2D eigenvalue weighted by Gasteiger charge is -2.34. The number of carbonyl (C=O) groups is 1. The van der Waals surface area contributed by atoms with Crippen LogP contribution in [0.3, 0.4) is 0 Å². The summed E-state index contributed by atoms with van der Waals surface area (Å²) >= 11 is 6.30. The van der Waals surface area contributed by atoms with E-state index in [1.807, 2.05) is 29.2 Å². The molecule has 2 N–H and O–H groups in total. The molecular formula is C15H21ClN2O. The monoisotopic (exact) mass is 280 g/mol. The summed E-state index contributed by atoms with van der Waals surface area (Å²) in [6.45, 7) is 2.82. The first-order chi connectivity index (χ1) is 9.15. The normalized spacial score (nSPS) is 24.4. The van der Waals surface area contributed by atoms with Crippen molar-refractivity contribution in [2.75, 3.05) is 6.54 Å². The van der Waals surface area contributed by atoms with Gasteiger partial charge in [-0.15, -0.1) is 0 Å². The van der Waals surface area contributed by atoms with Crippen molar-refractivity contribution in [3.05, 3.63) is 34.9 Å². The molecule has 2 unspecified atom stereocenters. The van der Waals surface area contributed by atoms with Gasteiger partial charge in [-0.3, -0.25) is 4.79 Å². The predicted molar refractivity (Wildman–Crippen MR) is 78.0 cm³/mol. The van der Waals surface area contributed by atoms with E-state index < -0.39 is 0 Å². The van der Waals surface area contributed by atoms with Crippen LogP contribution in [0.5, 0.6) is 0 Å². The standard InChI is InChI=1S/C15H21ClN2O/c1-2-10-18-14(19)9-5-8-13(17)15(18)11-6-3-4-7-12(11)16/h3-4,6-7,13,15H,2,5,8-10,17H2,1H3. The molecule has 0 spiro atoms. The van der Waals surface area contributed by atoms with E-state index in [0.29, 0.717) is 11.4 Å². The summed E-state index contributed by atoms with van der Waals surface area (Å²) in [4.78, 5) is 14.2. The fourth-order valence-electron chi connectivity index (χ4n) is 2.79. The maximum absolute atomic E-state index is 12.3. The largest absolute Gasteiger partial charge is 0.334 e. The number of halogens is 1. The number of hydrogen-bond acceptors (Lipinski definition) is 2. The highest BCUT2D eigenvalue weighted by atomic mass is 35.5. The van der Waals surface area contributed by atoms with Gasteiger partial charge in [0.05, 0.1) is 6.04 Å². The lowest BCUT2D eigenvalue weighted by atomic mass is 9.96. The smallest absolute Gasteiger partial charge is 0.223 e. The minimum Gasteiger partial charge on any atom is -0.334 e. The highest BCUT2D eigenvalue weighted by Gasteiger charge is 2.33. The maximum Gasteiger partial charge on any atom is 0.223 e. The average Bonchev–Trinajstić information content (AvgIpc) is 2.52. The molecule has 1 amide bonds. The molecule has 2 atom stereocenters. The molecule has 0 aromatic heterocycles. The third-order valence-corrected chi connectivity index (χ3v) is 4.02. The zero-order chi connectivity index (χ0) is 13.8. The van der Waals surface area contributed by atoms with Crippen molar-refractivity contribution in [2.24, 2.45) is 5.73 Å². The van der Waals surface area contributed by atoms with E-state index in [2.05, 4.69) is 6.92 Å². The molecule has 1 fully saturated rings. The van der Waals surface area contributed by atoms with Crippen molar-refractivity contribution in [3.8, 4) is 0 Å². The molecule has 1 aliphatic heterocycles. The summed E-state index contributed by atoms with van der Waals surface area (Å²) in [6.07, 6.45) is 3.25. The van der Waals surface area contributed by atoms with Crippen molar-refractivity contribution in [1.29, 1.82) is 0 Å². The van der Waals surface area contributed by atoms with Crippen LogP contribution in [-0.4, -0.2) is 23.4 Å². The summed E-state index contributed by atoms with van der Waals surface area (Å²) in [5.74, 6) is 0.194. The van der Waals surface area contributed by atoms with Crippen LogP contribution in [0.4, 0.5) is 0 Å². The van der Waals surface area contributed by atoms with Gasteiger partial charge in [0.2, 0.25) is 5.91 Å². The molecule has 1 aliphatic rings. The molecule has 104 valence electrons. The number of nitrogens with two attached hydrogens (primary N) is 1. The highest BCUT2D eigenvalue weighted by Crippen LogP contribution is 2.34. The van der Waals surface area contributed by atoms with Crippen LogP contribution in [0.1, 0.15) is 44.2 Å². The second-order valence-electron chi connectivity index (χ2n) is 5.11. The first-order valence-corrected chi connectivity index (χ1v) is 7.32. The highest BCUT2D eigenvalue weighted by molar-refractivity contribution is 6.31. The lowest BCUT2D eigenvalue weighted by molar-refractivity contribution is -0.133. The summed E-state index contributed by atoms with van der Waals surface area (Å²) in [7, 11) is 0. The number of amides is 1. The Balaban J connectivity index is 2.40. The molecule has 3 nitrogen and oxygen atoms in total. The second kappa shape index (κ2) is 6.40. The van der Waals surface area contributed by atoms with Crippen LogP contribution in [-0.2, 0) is 4.79 Å². The van der Waals surface area contributed by atoms with Crippen LogP contribution in [0.2, 0.25) is 5.02 Å². The van der Waals surface area contributed by atoms with E-state index in [0.717, 1.165) is 31.4 Å². The number of likely N-dealkylation sites (tertiary alicyclic amines) is 1. The van der Waals surface area contributed by atoms with Gasteiger partial charge in [0.25, 0.3) is 0 Å². The van der Waals surface area contributed by atoms with Gasteiger partial charge in [-0.25, -0.2) is 0 Å². The van der Waals surface area contributed by atoms with E-state index in [9.17, 15) is 4.79 Å². The Morgan fingerprint density at radius 3 is 2.84 bits per heavy atom. The first-order valence-electron chi connectivity index (χ1n) is 6.94. The Labute approximate surface area is 119 Å². The number of hydrogen-bond donors (Lipinski definition) is 1. The van der Waals surface area contributed by atoms with Crippen molar-refractivity contribution in [2.45, 2.75) is 44.7 Å². The molecule has 0 radical (unpaired) electrons. The van der Waals surface area contributed by atoms with Gasteiger partial charge in [-0.05, 0) is 30.9 Å². The number of nitrogens with zero attached hydrogens (tertiary/aromatic N) is 1. The third-order valence-electron chi connectivity index (χ3n) is 3.68. The Morgan fingerprint density at radius 1 is 1.42 bits per heavy atom. The van der Waals surface area contributed by atoms with Crippen molar-refractivity contribution in [1.82, 2.24) is 4.90 Å². The third kappa shape index (κ3) is 3.10. The summed E-state index contributed by atoms with van der Waals surface area (Å²) < 4.78 is 0. The summed E-state index contributed by atoms with van der Waals surface area (Å²) in [5.41, 5.74) is 7.28. The van der Waals surface area contributed by atoms with Crippen LogP contribution in [0, 0.1) is 0 Å². The van der Waals surface area contributed by atoms with Crippen LogP contribution >= 0.6 is 11.6 Å². The molecule has 1 saturated heterocycles. The van der Waals surface area contributed by atoms with E-state index in [-0.39, 0.29) is 18.0 Å². The van der Waals surface area contributed by atoms with Gasteiger partial charge < -0.3 is 10.6 Å². The predicted octanol–water partition coefficient (Wildman–Crippen LogP) is 3.13. The van der Waals surface area contributed by atoms with Crippen molar-refractivity contribution >= 4 is 17.5 Å². The molecule has 2 rings (SSSR count). The molecule has 19 heavy (non-hydrogen) atoms. The van der Waals surface area contributed by atoms with Crippen molar-refractivity contribution < 1.29 is 4.79 Å². The molecule has 4 heteroatoms. The zero-order valence-corrected chi connectivity index (χ0v) is 12.1. The summed E-state index contributed by atoms with van der Waals surface area (Å²) in [6, 6.07) is 7.56. The van der Waals surface area contributed by atoms with E-state index in [1.54, 1.807) is 0 Å². The van der Waals surface area contributed by atoms with Gasteiger partial charge in [-0.2, -0.15) is 0 Å². The minimum atomic E-state index is -0.0938. The molecular weight excluding hydrogens is 260 g/mol. The Bertz CT molecular complexity index is 450. The number of benzene rings is 1. The molecule has 0 bridgehead atoms. The van der Waals surface area contributed by atoms with Crippen molar-refractivity contribution in [3.63, 3.8) is 0 Å². The Morgan fingerprint density at radius 2 is 2.16 bits per heavy atom. The molecule has 0 aliphatic carbocycles. The van der Waals surface area contributed by atoms with Crippen LogP contribution < -0.4 is 5.73 Å². The van der Waals surface area contributed by atoms with Gasteiger partial charge in [-0.1, -0.05) is 36.7 Å². The lowest BCUT2D eigenvalue weighted by Crippen LogP contribution is -2.42. The van der Waals surface area contributed by atoms with Crippen LogP contribution in [0.15, 0.2) is 24.3 Å². The van der Waals surface area contributed by atoms with Gasteiger partial charge in [0.1, 0.15) is 0 Å². The minimum absolute atomic E-state index is 0.0436. The quantitative estimate of drug-likeness (QED) is 0.925. The topological polar surface area (TPSA) is 46.3 Å². The van der Waals surface area contributed by atoms with Gasteiger partial charge in [0.15, 0.2) is 0 Å². The summed E-state index contributed by atoms with van der Waals surface area (Å²) in [5, 5.41) is 0.693. The number of rotatable bonds is 3. The fourth-order valence-corrected chi connectivity index (χ4v) is 3.04. The number of carbonyl (C=O) groups excluding carboxylic acids is 1. The van der Waals surface area contributed by atoms with Crippen LogP contribution in [0.25, 0.3) is 0 Å². The van der Waals surface area contributed by atoms with Gasteiger partial charge >= 0.3 is 0 Å². The Hall–Kier alpha value is -1.06. The Kier molecular flexibility index (Phi) is 4.83. The first kappa shape index (κ1) is 14.4. The zero-order valence-electron chi connectivity index (χ0n) is 11.3. The fraction of sp³-hybridized carbons (Fsp3) is 0.533. The molecule has 1 heterocycles. The molecule has 1 aromatic rings. The second-order valence-corrected chi connectivity index (χ2v) is 5.52. The molecule has 1 aromatic carbocycles. The molecule has 0 saturated carbocycles. The van der Waals surface area contributed by atoms with E-state index in [4.69, 9.17) is 17.3 Å². The van der Waals surface area contributed by atoms with E-state index >= 15 is 0 Å². The maximum atomic E-state index is 12.3. The van der Waals surface area contributed by atoms with E-state index in [1.165, 1.54) is 0 Å².